The smallest absolute Gasteiger partial charge is 0.305 e. The fraction of sp³-hybridized carbons (Fsp3) is 0.615. The van der Waals surface area contributed by atoms with Crippen molar-refractivity contribution in [2.24, 2.45) is 7.05 Å². The lowest BCUT2D eigenvalue weighted by Gasteiger charge is -2.34. The van der Waals surface area contributed by atoms with Gasteiger partial charge in [-0.1, -0.05) is 0 Å². The van der Waals surface area contributed by atoms with Crippen LogP contribution < -0.4 is 0 Å². The van der Waals surface area contributed by atoms with Gasteiger partial charge in [0.1, 0.15) is 0 Å². The first-order valence-electron chi connectivity index (χ1n) is 6.52. The normalized spacial score (nSPS) is 19.5. The molecule has 1 N–H and O–H groups in total. The molecule has 0 aliphatic carbocycles. The van der Waals surface area contributed by atoms with Crippen molar-refractivity contribution in [1.29, 1.82) is 0 Å². The van der Waals surface area contributed by atoms with Gasteiger partial charge in [-0.05, 0) is 26.2 Å². The highest BCUT2D eigenvalue weighted by atomic mass is 16.4. The highest BCUT2D eigenvalue weighted by Crippen LogP contribution is 2.22. The fourth-order valence-corrected chi connectivity index (χ4v) is 2.55. The van der Waals surface area contributed by atoms with E-state index in [1.165, 1.54) is 0 Å². The number of aryl methyl sites for hydroxylation is 1. The highest BCUT2D eigenvalue weighted by molar-refractivity contribution is 5.95. The lowest BCUT2D eigenvalue weighted by atomic mass is 9.98. The van der Waals surface area contributed by atoms with E-state index in [0.717, 1.165) is 25.0 Å². The second-order valence-corrected chi connectivity index (χ2v) is 5.01. The molecule has 2 heterocycles. The van der Waals surface area contributed by atoms with E-state index in [1.54, 1.807) is 22.8 Å². The summed E-state index contributed by atoms with van der Waals surface area (Å²) in [5.74, 6) is -0.954. The number of carbonyl (C=O) groups excluding carboxylic acids is 1. The standard InChI is InChI=1S/C13H19N3O3/c1-9-11(8-14-15(9)2)13(19)16-6-4-3-5-10(16)7-12(17)18/h8,10H,3-7H2,1-2H3,(H,17,18). The van der Waals surface area contributed by atoms with Crippen LogP contribution >= 0.6 is 0 Å². The van der Waals surface area contributed by atoms with Crippen molar-refractivity contribution in [3.8, 4) is 0 Å². The zero-order valence-electron chi connectivity index (χ0n) is 11.3. The largest absolute Gasteiger partial charge is 0.481 e. The van der Waals surface area contributed by atoms with E-state index in [9.17, 15) is 9.59 Å². The lowest BCUT2D eigenvalue weighted by molar-refractivity contribution is -0.138. The predicted molar refractivity (Wildman–Crippen MR) is 68.9 cm³/mol. The quantitative estimate of drug-likeness (QED) is 0.891. The minimum Gasteiger partial charge on any atom is -0.481 e. The van der Waals surface area contributed by atoms with Crippen molar-refractivity contribution in [2.75, 3.05) is 6.54 Å². The van der Waals surface area contributed by atoms with E-state index >= 15 is 0 Å². The average molecular weight is 265 g/mol. The van der Waals surface area contributed by atoms with Gasteiger partial charge in [0.25, 0.3) is 5.91 Å². The maximum Gasteiger partial charge on any atom is 0.305 e. The number of carboxylic acid groups (broad SMARTS) is 1. The molecule has 1 aliphatic rings. The molecule has 6 nitrogen and oxygen atoms in total. The summed E-state index contributed by atoms with van der Waals surface area (Å²) >= 11 is 0. The van der Waals surface area contributed by atoms with Gasteiger partial charge < -0.3 is 10.0 Å². The van der Waals surface area contributed by atoms with E-state index in [4.69, 9.17) is 5.11 Å². The highest BCUT2D eigenvalue weighted by Gasteiger charge is 2.30. The minimum absolute atomic E-state index is 0.0189. The van der Waals surface area contributed by atoms with Crippen LogP contribution in [0.3, 0.4) is 0 Å². The monoisotopic (exact) mass is 265 g/mol. The molecule has 6 heteroatoms. The molecule has 0 spiro atoms. The van der Waals surface area contributed by atoms with Crippen molar-refractivity contribution in [3.63, 3.8) is 0 Å². The van der Waals surface area contributed by atoms with Crippen LogP contribution in [0.15, 0.2) is 6.20 Å². The average Bonchev–Trinajstić information content (AvgIpc) is 2.69. The van der Waals surface area contributed by atoms with Gasteiger partial charge in [0.2, 0.25) is 0 Å². The Morgan fingerprint density at radius 1 is 1.47 bits per heavy atom. The van der Waals surface area contributed by atoms with Crippen molar-refractivity contribution in [1.82, 2.24) is 14.7 Å². The Hall–Kier alpha value is -1.85. The molecule has 1 aromatic rings. The molecule has 1 unspecified atom stereocenters. The van der Waals surface area contributed by atoms with Crippen molar-refractivity contribution in [3.05, 3.63) is 17.5 Å². The summed E-state index contributed by atoms with van der Waals surface area (Å²) in [6.07, 6.45) is 4.25. The van der Waals surface area contributed by atoms with Gasteiger partial charge in [0, 0.05) is 25.3 Å². The number of likely N-dealkylation sites (tertiary alicyclic amines) is 1. The number of aliphatic carboxylic acids is 1. The van der Waals surface area contributed by atoms with Crippen LogP contribution in [0.5, 0.6) is 0 Å². The van der Waals surface area contributed by atoms with Gasteiger partial charge in [-0.3, -0.25) is 14.3 Å². The molecule has 0 bridgehead atoms. The third kappa shape index (κ3) is 2.77. The molecule has 1 saturated heterocycles. The van der Waals surface area contributed by atoms with E-state index in [0.29, 0.717) is 12.1 Å². The maximum atomic E-state index is 12.5. The molecule has 104 valence electrons. The summed E-state index contributed by atoms with van der Waals surface area (Å²) in [5, 5.41) is 13.0. The van der Waals surface area contributed by atoms with Crippen LogP contribution in [0, 0.1) is 6.92 Å². The van der Waals surface area contributed by atoms with Crippen LogP contribution in [-0.2, 0) is 11.8 Å². The molecule has 1 aliphatic heterocycles. The SMILES string of the molecule is Cc1c(C(=O)N2CCCCC2CC(=O)O)cnn1C. The topological polar surface area (TPSA) is 75.4 Å². The first-order chi connectivity index (χ1) is 9.00. The molecule has 0 radical (unpaired) electrons. The lowest BCUT2D eigenvalue weighted by Crippen LogP contribution is -2.44. The Morgan fingerprint density at radius 2 is 2.21 bits per heavy atom. The maximum absolute atomic E-state index is 12.5. The van der Waals surface area contributed by atoms with Gasteiger partial charge in [0.05, 0.1) is 18.2 Å². The molecule has 1 aromatic heterocycles. The molecule has 1 atom stereocenters. The second kappa shape index (κ2) is 5.42. The van der Waals surface area contributed by atoms with E-state index in [-0.39, 0.29) is 18.4 Å². The molecule has 2 rings (SSSR count). The summed E-state index contributed by atoms with van der Waals surface area (Å²) in [6, 6.07) is -0.196. The van der Waals surface area contributed by atoms with Gasteiger partial charge in [0.15, 0.2) is 0 Å². The summed E-state index contributed by atoms with van der Waals surface area (Å²) in [7, 11) is 1.79. The fourth-order valence-electron chi connectivity index (χ4n) is 2.55. The number of carboxylic acids is 1. The molecular formula is C13H19N3O3. The Kier molecular flexibility index (Phi) is 3.87. The van der Waals surface area contributed by atoms with Gasteiger partial charge in [-0.2, -0.15) is 5.10 Å². The number of hydrogen-bond acceptors (Lipinski definition) is 3. The third-order valence-electron chi connectivity index (χ3n) is 3.76. The predicted octanol–water partition coefficient (Wildman–Crippen LogP) is 1.20. The van der Waals surface area contributed by atoms with E-state index in [2.05, 4.69) is 5.10 Å². The number of piperidine rings is 1. The van der Waals surface area contributed by atoms with Crippen molar-refractivity contribution >= 4 is 11.9 Å². The Morgan fingerprint density at radius 3 is 2.79 bits per heavy atom. The Bertz CT molecular complexity index is 495. The second-order valence-electron chi connectivity index (χ2n) is 5.01. The molecular weight excluding hydrogens is 246 g/mol. The van der Waals surface area contributed by atoms with Crippen molar-refractivity contribution in [2.45, 2.75) is 38.6 Å². The Balaban J connectivity index is 2.20. The zero-order chi connectivity index (χ0) is 14.0. The Labute approximate surface area is 112 Å². The number of hydrogen-bond donors (Lipinski definition) is 1. The summed E-state index contributed by atoms with van der Waals surface area (Å²) in [5.41, 5.74) is 1.38. The van der Waals surface area contributed by atoms with Crippen LogP contribution in [0.4, 0.5) is 0 Å². The molecule has 1 amide bonds. The summed E-state index contributed by atoms with van der Waals surface area (Å²) in [6.45, 7) is 2.47. The van der Waals surface area contributed by atoms with Gasteiger partial charge in [-0.25, -0.2) is 0 Å². The number of aromatic nitrogens is 2. The zero-order valence-corrected chi connectivity index (χ0v) is 11.3. The van der Waals surface area contributed by atoms with Crippen molar-refractivity contribution < 1.29 is 14.7 Å². The van der Waals surface area contributed by atoms with E-state index in [1.807, 2.05) is 6.92 Å². The van der Waals surface area contributed by atoms with Crippen LogP contribution in [0.2, 0.25) is 0 Å². The number of nitrogens with zero attached hydrogens (tertiary/aromatic N) is 3. The first kappa shape index (κ1) is 13.6. The van der Waals surface area contributed by atoms with Crippen LogP contribution in [-0.4, -0.2) is 44.3 Å². The van der Waals surface area contributed by atoms with Gasteiger partial charge >= 0.3 is 5.97 Å². The number of carbonyl (C=O) groups is 2. The molecule has 0 aromatic carbocycles. The third-order valence-corrected chi connectivity index (χ3v) is 3.76. The minimum atomic E-state index is -0.854. The molecule has 1 fully saturated rings. The summed E-state index contributed by atoms with van der Waals surface area (Å²) in [4.78, 5) is 25.1. The van der Waals surface area contributed by atoms with Crippen LogP contribution in [0.25, 0.3) is 0 Å². The van der Waals surface area contributed by atoms with E-state index < -0.39 is 5.97 Å². The summed E-state index contributed by atoms with van der Waals surface area (Å²) < 4.78 is 1.66. The number of amides is 1. The number of rotatable bonds is 3. The molecule has 0 saturated carbocycles. The molecule has 19 heavy (non-hydrogen) atoms. The van der Waals surface area contributed by atoms with Crippen LogP contribution in [0.1, 0.15) is 41.7 Å². The first-order valence-corrected chi connectivity index (χ1v) is 6.52. The van der Waals surface area contributed by atoms with Gasteiger partial charge in [-0.15, -0.1) is 0 Å².